The van der Waals surface area contributed by atoms with Gasteiger partial charge in [-0.2, -0.15) is 0 Å². The number of amides is 3. The van der Waals surface area contributed by atoms with Gasteiger partial charge >= 0.3 is 5.97 Å². The monoisotopic (exact) mass is 462 g/mol. The fourth-order valence-electron chi connectivity index (χ4n) is 3.65. The van der Waals surface area contributed by atoms with Crippen molar-refractivity contribution in [2.45, 2.75) is 26.8 Å². The molecule has 0 spiro atoms. The third-order valence-electron chi connectivity index (χ3n) is 5.41. The topological polar surface area (TPSA) is 92.8 Å². The van der Waals surface area contributed by atoms with Crippen molar-refractivity contribution in [1.82, 2.24) is 5.32 Å². The summed E-state index contributed by atoms with van der Waals surface area (Å²) >= 11 is 1.52. The summed E-state index contributed by atoms with van der Waals surface area (Å²) in [6, 6.07) is 13.3. The van der Waals surface area contributed by atoms with Gasteiger partial charge in [0.1, 0.15) is 0 Å². The molecule has 1 aliphatic heterocycles. The molecule has 1 N–H and O–H groups in total. The number of carbonyl (C=O) groups is 4. The molecule has 1 atom stereocenters. The van der Waals surface area contributed by atoms with E-state index in [0.29, 0.717) is 5.69 Å². The molecule has 8 heteroatoms. The second-order valence-electron chi connectivity index (χ2n) is 7.88. The first-order valence-electron chi connectivity index (χ1n) is 10.4. The zero-order valence-electron chi connectivity index (χ0n) is 18.4. The number of benzene rings is 2. The van der Waals surface area contributed by atoms with Gasteiger partial charge < -0.3 is 10.1 Å². The van der Waals surface area contributed by atoms with Gasteiger partial charge in [0.05, 0.1) is 28.4 Å². The first-order chi connectivity index (χ1) is 15.8. The van der Waals surface area contributed by atoms with E-state index in [9.17, 15) is 19.2 Å². The third-order valence-corrected chi connectivity index (χ3v) is 6.46. The number of rotatable bonds is 6. The summed E-state index contributed by atoms with van der Waals surface area (Å²) < 4.78 is 5.12. The highest BCUT2D eigenvalue weighted by atomic mass is 32.1. The summed E-state index contributed by atoms with van der Waals surface area (Å²) in [7, 11) is 0. The van der Waals surface area contributed by atoms with Gasteiger partial charge in [0.15, 0.2) is 6.61 Å². The third kappa shape index (κ3) is 4.42. The Kier molecular flexibility index (Phi) is 6.11. The molecule has 2 aromatic carbocycles. The number of nitrogens with one attached hydrogen (secondary N) is 1. The minimum atomic E-state index is -0.748. The lowest BCUT2D eigenvalue weighted by molar-refractivity contribution is -0.124. The van der Waals surface area contributed by atoms with Gasteiger partial charge in [-0.15, -0.1) is 11.3 Å². The number of thiophene rings is 1. The minimum Gasteiger partial charge on any atom is -0.452 e. The number of carbonyl (C=O) groups excluding carboxylic acids is 4. The molecule has 0 aliphatic carbocycles. The van der Waals surface area contributed by atoms with Crippen molar-refractivity contribution in [3.63, 3.8) is 0 Å². The predicted octanol–water partition coefficient (Wildman–Crippen LogP) is 4.20. The summed E-state index contributed by atoms with van der Waals surface area (Å²) in [5.41, 5.74) is 2.67. The Morgan fingerprint density at radius 2 is 1.79 bits per heavy atom. The van der Waals surface area contributed by atoms with Gasteiger partial charge in [-0.3, -0.25) is 14.4 Å². The number of esters is 1. The van der Waals surface area contributed by atoms with E-state index in [0.717, 1.165) is 20.9 Å². The van der Waals surface area contributed by atoms with Crippen molar-refractivity contribution in [2.75, 3.05) is 11.5 Å². The molecule has 3 amide bonds. The van der Waals surface area contributed by atoms with Crippen LogP contribution in [0, 0.1) is 13.8 Å². The van der Waals surface area contributed by atoms with Gasteiger partial charge in [-0.05, 0) is 67.6 Å². The average Bonchev–Trinajstić information content (AvgIpc) is 3.41. The smallest absolute Gasteiger partial charge is 0.338 e. The summed E-state index contributed by atoms with van der Waals surface area (Å²) in [5.74, 6) is -2.12. The Labute approximate surface area is 195 Å². The lowest BCUT2D eigenvalue weighted by Crippen LogP contribution is -2.30. The second kappa shape index (κ2) is 8.99. The van der Waals surface area contributed by atoms with Gasteiger partial charge in [0, 0.05) is 4.88 Å². The molecule has 0 saturated heterocycles. The number of anilines is 1. The van der Waals surface area contributed by atoms with E-state index in [4.69, 9.17) is 4.74 Å². The summed E-state index contributed by atoms with van der Waals surface area (Å²) in [5, 5.41) is 4.68. The maximum atomic E-state index is 13.0. The van der Waals surface area contributed by atoms with Crippen molar-refractivity contribution >= 4 is 40.7 Å². The molecule has 1 unspecified atom stereocenters. The molecule has 0 radical (unpaired) electrons. The number of fused-ring (bicyclic) bond motifs is 1. The van der Waals surface area contributed by atoms with E-state index in [1.165, 1.54) is 29.5 Å². The lowest BCUT2D eigenvalue weighted by Gasteiger charge is -2.17. The lowest BCUT2D eigenvalue weighted by atomic mass is 10.1. The maximum absolute atomic E-state index is 13.0. The summed E-state index contributed by atoms with van der Waals surface area (Å²) in [6.07, 6.45) is 0. The molecule has 0 saturated carbocycles. The highest BCUT2D eigenvalue weighted by Crippen LogP contribution is 2.32. The van der Waals surface area contributed by atoms with Crippen LogP contribution in [0.15, 0.2) is 53.9 Å². The van der Waals surface area contributed by atoms with Gasteiger partial charge in [0.25, 0.3) is 17.7 Å². The van der Waals surface area contributed by atoms with Crippen LogP contribution in [0.4, 0.5) is 5.69 Å². The van der Waals surface area contributed by atoms with Gasteiger partial charge in [0.2, 0.25) is 0 Å². The van der Waals surface area contributed by atoms with Crippen molar-refractivity contribution in [3.8, 4) is 0 Å². The van der Waals surface area contributed by atoms with E-state index in [-0.39, 0.29) is 22.7 Å². The number of nitrogens with zero attached hydrogens (tertiary/aromatic N) is 1. The number of hydrogen-bond donors (Lipinski definition) is 1. The first-order valence-corrected chi connectivity index (χ1v) is 11.2. The number of imide groups is 1. The highest BCUT2D eigenvalue weighted by Gasteiger charge is 2.38. The fourth-order valence-corrected chi connectivity index (χ4v) is 4.39. The molecule has 7 nitrogen and oxygen atoms in total. The van der Waals surface area contributed by atoms with Crippen LogP contribution in [0.25, 0.3) is 0 Å². The quantitative estimate of drug-likeness (QED) is 0.438. The number of aryl methyl sites for hydroxylation is 2. The van der Waals surface area contributed by atoms with E-state index in [1.54, 1.807) is 6.07 Å². The average molecular weight is 463 g/mol. The Balaban J connectivity index is 1.46. The molecule has 3 aromatic rings. The van der Waals surface area contributed by atoms with Crippen LogP contribution in [-0.4, -0.2) is 30.3 Å². The Morgan fingerprint density at radius 1 is 1.03 bits per heavy atom. The van der Waals surface area contributed by atoms with E-state index >= 15 is 0 Å². The molecule has 0 bridgehead atoms. The molecule has 1 aromatic heterocycles. The van der Waals surface area contributed by atoms with Crippen LogP contribution in [0.3, 0.4) is 0 Å². The standard InChI is InChI=1S/C25H22N2O5S/c1-14-6-7-15(2)20(11-14)27-23(29)18-9-8-17(12-19(18)24(27)30)25(31)32-13-22(28)26-16(3)21-5-4-10-33-21/h4-12,16H,13H2,1-3H3,(H,26,28). The van der Waals surface area contributed by atoms with E-state index in [2.05, 4.69) is 5.32 Å². The Bertz CT molecular complexity index is 1270. The van der Waals surface area contributed by atoms with Crippen LogP contribution in [0.1, 0.15) is 60.0 Å². The van der Waals surface area contributed by atoms with Crippen LogP contribution in [0.2, 0.25) is 0 Å². The molecule has 4 rings (SSSR count). The second-order valence-corrected chi connectivity index (χ2v) is 8.86. The Morgan fingerprint density at radius 3 is 2.52 bits per heavy atom. The van der Waals surface area contributed by atoms with E-state index in [1.807, 2.05) is 50.4 Å². The number of hydrogen-bond acceptors (Lipinski definition) is 6. The van der Waals surface area contributed by atoms with Crippen molar-refractivity contribution in [2.24, 2.45) is 0 Å². The minimum absolute atomic E-state index is 0.0943. The zero-order chi connectivity index (χ0) is 23.7. The van der Waals surface area contributed by atoms with Crippen LogP contribution in [0.5, 0.6) is 0 Å². The summed E-state index contributed by atoms with van der Waals surface area (Å²) in [6.45, 7) is 5.10. The van der Waals surface area contributed by atoms with Gasteiger partial charge in [-0.1, -0.05) is 18.2 Å². The molecule has 1 aliphatic rings. The van der Waals surface area contributed by atoms with Crippen LogP contribution in [-0.2, 0) is 9.53 Å². The van der Waals surface area contributed by atoms with Crippen molar-refractivity contribution < 1.29 is 23.9 Å². The highest BCUT2D eigenvalue weighted by molar-refractivity contribution is 7.10. The van der Waals surface area contributed by atoms with Crippen molar-refractivity contribution in [3.05, 3.63) is 86.6 Å². The van der Waals surface area contributed by atoms with Gasteiger partial charge in [-0.25, -0.2) is 9.69 Å². The first kappa shape index (κ1) is 22.4. The van der Waals surface area contributed by atoms with Crippen LogP contribution < -0.4 is 10.2 Å². The molecule has 0 fully saturated rings. The predicted molar refractivity (Wildman–Crippen MR) is 125 cm³/mol. The normalized spacial score (nSPS) is 13.6. The van der Waals surface area contributed by atoms with E-state index < -0.39 is 30.3 Å². The molecular formula is C25H22N2O5S. The maximum Gasteiger partial charge on any atom is 0.338 e. The fraction of sp³-hybridized carbons (Fsp3) is 0.200. The summed E-state index contributed by atoms with van der Waals surface area (Å²) in [4.78, 5) is 52.7. The van der Waals surface area contributed by atoms with Crippen molar-refractivity contribution in [1.29, 1.82) is 0 Å². The Hall–Kier alpha value is -3.78. The molecule has 168 valence electrons. The number of ether oxygens (including phenoxy) is 1. The largest absolute Gasteiger partial charge is 0.452 e. The molecular weight excluding hydrogens is 440 g/mol. The zero-order valence-corrected chi connectivity index (χ0v) is 19.2. The molecule has 33 heavy (non-hydrogen) atoms. The van der Waals surface area contributed by atoms with Crippen LogP contribution >= 0.6 is 11.3 Å². The molecule has 2 heterocycles. The SMILES string of the molecule is Cc1ccc(C)c(N2C(=O)c3ccc(C(=O)OCC(=O)NC(C)c4cccs4)cc3C2=O)c1.